The van der Waals surface area contributed by atoms with E-state index in [1.807, 2.05) is 6.92 Å². The Morgan fingerprint density at radius 3 is 2.62 bits per heavy atom. The summed E-state index contributed by atoms with van der Waals surface area (Å²) in [5.74, 6) is 0. The van der Waals surface area contributed by atoms with Gasteiger partial charge in [0.05, 0.1) is 11.6 Å². The van der Waals surface area contributed by atoms with E-state index in [9.17, 15) is 18.0 Å². The van der Waals surface area contributed by atoms with Crippen molar-refractivity contribution in [2.75, 3.05) is 12.4 Å². The topological polar surface area (TPSA) is 71.0 Å². The predicted molar refractivity (Wildman–Crippen MR) is 72.2 cm³/mol. The van der Waals surface area contributed by atoms with Crippen molar-refractivity contribution in [1.29, 1.82) is 0 Å². The Balaban J connectivity index is 1.96. The van der Waals surface area contributed by atoms with E-state index in [-0.39, 0.29) is 16.5 Å². The van der Waals surface area contributed by atoms with Crippen LogP contribution in [0.2, 0.25) is 0 Å². The maximum atomic E-state index is 12.4. The minimum absolute atomic E-state index is 0.195. The summed E-state index contributed by atoms with van der Waals surface area (Å²) in [5.41, 5.74) is 0. The Morgan fingerprint density at radius 2 is 2.10 bits per heavy atom. The molecule has 0 aliphatic heterocycles. The van der Waals surface area contributed by atoms with Gasteiger partial charge in [0.15, 0.2) is 0 Å². The minimum atomic E-state index is -4.56. The molecular formula is C10H10F3N5OS2. The van der Waals surface area contributed by atoms with Gasteiger partial charge in [0.25, 0.3) is 0 Å². The van der Waals surface area contributed by atoms with Crippen molar-refractivity contribution in [3.63, 3.8) is 0 Å². The lowest BCUT2D eigenvalue weighted by Crippen LogP contribution is -2.30. The van der Waals surface area contributed by atoms with Gasteiger partial charge in [-0.1, -0.05) is 11.3 Å². The molecule has 0 atom stereocenters. The first kappa shape index (κ1) is 15.6. The van der Waals surface area contributed by atoms with E-state index in [2.05, 4.69) is 20.5 Å². The highest BCUT2D eigenvalue weighted by Crippen LogP contribution is 2.33. The van der Waals surface area contributed by atoms with Crippen LogP contribution in [0, 0.1) is 6.92 Å². The van der Waals surface area contributed by atoms with Gasteiger partial charge in [0.1, 0.15) is 0 Å². The quantitative estimate of drug-likeness (QED) is 0.935. The van der Waals surface area contributed by atoms with Gasteiger partial charge in [-0.3, -0.25) is 5.32 Å². The van der Waals surface area contributed by atoms with Gasteiger partial charge >= 0.3 is 12.2 Å². The van der Waals surface area contributed by atoms with E-state index >= 15 is 0 Å². The number of urea groups is 1. The molecule has 0 unspecified atom stereocenters. The predicted octanol–water partition coefficient (Wildman–Crippen LogP) is 2.99. The minimum Gasteiger partial charge on any atom is -0.322 e. The van der Waals surface area contributed by atoms with Crippen LogP contribution in [-0.4, -0.2) is 33.2 Å². The highest BCUT2D eigenvalue weighted by molar-refractivity contribution is 7.15. The lowest BCUT2D eigenvalue weighted by Gasteiger charge is -2.15. The number of hydrogen-bond acceptors (Lipinski definition) is 6. The van der Waals surface area contributed by atoms with Gasteiger partial charge in [0, 0.05) is 18.1 Å². The second-order valence-electron chi connectivity index (χ2n) is 4.04. The van der Waals surface area contributed by atoms with Gasteiger partial charge in [-0.15, -0.1) is 21.5 Å². The van der Waals surface area contributed by atoms with Gasteiger partial charge in [-0.25, -0.2) is 9.78 Å². The van der Waals surface area contributed by atoms with Gasteiger partial charge < -0.3 is 4.90 Å². The number of nitrogens with one attached hydrogen (secondary N) is 1. The zero-order chi connectivity index (χ0) is 15.6. The van der Waals surface area contributed by atoms with Crippen LogP contribution in [0.15, 0.2) is 6.20 Å². The SMILES string of the molecule is Cc1ncc(CN(C)C(=O)Nc2nnc(C(F)(F)F)s2)s1. The number of nitrogens with zero attached hydrogens (tertiary/aromatic N) is 4. The number of rotatable bonds is 3. The molecule has 21 heavy (non-hydrogen) atoms. The summed E-state index contributed by atoms with van der Waals surface area (Å²) in [6.07, 6.45) is -2.91. The maximum absolute atomic E-state index is 12.4. The van der Waals surface area contributed by atoms with Crippen LogP contribution in [0.5, 0.6) is 0 Å². The number of carbonyl (C=O) groups is 1. The molecule has 0 aliphatic carbocycles. The molecule has 0 saturated carbocycles. The van der Waals surface area contributed by atoms with Crippen LogP contribution in [-0.2, 0) is 12.7 Å². The fourth-order valence-electron chi connectivity index (χ4n) is 1.36. The summed E-state index contributed by atoms with van der Waals surface area (Å²) < 4.78 is 37.1. The average Bonchev–Trinajstić information content (AvgIpc) is 2.98. The van der Waals surface area contributed by atoms with Crippen molar-refractivity contribution >= 4 is 33.8 Å². The smallest absolute Gasteiger partial charge is 0.322 e. The first-order chi connectivity index (χ1) is 9.75. The van der Waals surface area contributed by atoms with E-state index in [1.54, 1.807) is 6.20 Å². The van der Waals surface area contributed by atoms with Crippen LogP contribution in [0.1, 0.15) is 14.9 Å². The number of alkyl halides is 3. The number of aryl methyl sites for hydroxylation is 1. The monoisotopic (exact) mass is 337 g/mol. The molecule has 0 saturated heterocycles. The number of anilines is 1. The summed E-state index contributed by atoms with van der Waals surface area (Å²) >= 11 is 1.72. The molecule has 2 rings (SSSR count). The third kappa shape index (κ3) is 4.11. The lowest BCUT2D eigenvalue weighted by atomic mass is 10.5. The summed E-state index contributed by atoms with van der Waals surface area (Å²) in [5, 5.41) is 8.14. The third-order valence-electron chi connectivity index (χ3n) is 2.29. The normalized spacial score (nSPS) is 11.5. The van der Waals surface area contributed by atoms with E-state index < -0.39 is 17.2 Å². The van der Waals surface area contributed by atoms with Crippen LogP contribution in [0.4, 0.5) is 23.1 Å². The summed E-state index contributed by atoms with van der Waals surface area (Å²) in [7, 11) is 1.52. The average molecular weight is 337 g/mol. The van der Waals surface area contributed by atoms with E-state index in [4.69, 9.17) is 0 Å². The third-order valence-corrected chi connectivity index (χ3v) is 4.07. The molecule has 114 valence electrons. The molecule has 0 aliphatic rings. The Morgan fingerprint density at radius 1 is 1.38 bits per heavy atom. The maximum Gasteiger partial charge on any atom is 0.445 e. The number of halogens is 3. The zero-order valence-electron chi connectivity index (χ0n) is 10.9. The number of thiazole rings is 1. The Kier molecular flexibility index (Phi) is 4.42. The molecule has 2 aromatic heterocycles. The molecule has 0 bridgehead atoms. The second kappa shape index (κ2) is 5.93. The molecule has 6 nitrogen and oxygen atoms in total. The van der Waals surface area contributed by atoms with E-state index in [1.165, 1.54) is 23.3 Å². The molecule has 0 fully saturated rings. The highest BCUT2D eigenvalue weighted by atomic mass is 32.1. The standard InChI is InChI=1S/C10H10F3N5OS2/c1-5-14-3-6(20-5)4-18(2)9(19)15-8-17-16-7(21-8)10(11,12)13/h3H,4H2,1-2H3,(H,15,17,19). The first-order valence-corrected chi connectivity index (χ1v) is 7.23. The fraction of sp³-hybridized carbons (Fsp3) is 0.400. The fourth-order valence-corrected chi connectivity index (χ4v) is 2.81. The molecule has 2 aromatic rings. The van der Waals surface area contributed by atoms with Crippen LogP contribution in [0.25, 0.3) is 0 Å². The molecule has 0 aromatic carbocycles. The Labute approximate surface area is 125 Å². The van der Waals surface area contributed by atoms with Crippen molar-refractivity contribution in [1.82, 2.24) is 20.1 Å². The van der Waals surface area contributed by atoms with Gasteiger partial charge in [0.2, 0.25) is 10.1 Å². The number of carbonyl (C=O) groups excluding carboxylic acids is 1. The number of hydrogen-bond donors (Lipinski definition) is 1. The Hall–Kier alpha value is -1.75. The highest BCUT2D eigenvalue weighted by Gasteiger charge is 2.35. The van der Waals surface area contributed by atoms with Crippen molar-refractivity contribution in [3.8, 4) is 0 Å². The van der Waals surface area contributed by atoms with Crippen molar-refractivity contribution in [3.05, 3.63) is 21.1 Å². The van der Waals surface area contributed by atoms with E-state index in [0.717, 1.165) is 9.88 Å². The molecule has 0 spiro atoms. The van der Waals surface area contributed by atoms with Crippen molar-refractivity contribution in [2.24, 2.45) is 0 Å². The zero-order valence-corrected chi connectivity index (χ0v) is 12.6. The Bertz CT molecular complexity index is 639. The van der Waals surface area contributed by atoms with Crippen molar-refractivity contribution < 1.29 is 18.0 Å². The van der Waals surface area contributed by atoms with E-state index in [0.29, 0.717) is 6.54 Å². The summed E-state index contributed by atoms with van der Waals surface area (Å²) in [6.45, 7) is 2.15. The first-order valence-electron chi connectivity index (χ1n) is 5.60. The largest absolute Gasteiger partial charge is 0.445 e. The summed E-state index contributed by atoms with van der Waals surface area (Å²) in [4.78, 5) is 18.1. The van der Waals surface area contributed by atoms with Crippen molar-refractivity contribution in [2.45, 2.75) is 19.6 Å². The van der Waals surface area contributed by atoms with Gasteiger partial charge in [-0.05, 0) is 6.92 Å². The number of amides is 2. The van der Waals surface area contributed by atoms with Crippen LogP contribution >= 0.6 is 22.7 Å². The van der Waals surface area contributed by atoms with Crippen LogP contribution < -0.4 is 5.32 Å². The molecule has 1 N–H and O–H groups in total. The molecule has 11 heteroatoms. The molecule has 2 heterocycles. The van der Waals surface area contributed by atoms with Gasteiger partial charge in [-0.2, -0.15) is 13.2 Å². The van der Waals surface area contributed by atoms with Crippen LogP contribution in [0.3, 0.4) is 0 Å². The lowest BCUT2D eigenvalue weighted by molar-refractivity contribution is -0.138. The summed E-state index contributed by atoms with van der Waals surface area (Å²) in [6, 6.07) is -0.564. The number of aromatic nitrogens is 3. The molecule has 2 amide bonds. The molecular weight excluding hydrogens is 327 g/mol. The molecule has 0 radical (unpaired) electrons. The second-order valence-corrected chi connectivity index (χ2v) is 6.34.